The van der Waals surface area contributed by atoms with Gasteiger partial charge in [0.05, 0.1) is 0 Å². The molecular formula is C16H16FNO. The lowest BCUT2D eigenvalue weighted by Gasteiger charge is -2.12. The van der Waals surface area contributed by atoms with Gasteiger partial charge in [-0.25, -0.2) is 4.39 Å². The van der Waals surface area contributed by atoms with Crippen LogP contribution in [0.1, 0.15) is 16.7 Å². The number of fused-ring (bicyclic) bond motifs is 1. The molecule has 2 aromatic rings. The van der Waals surface area contributed by atoms with Gasteiger partial charge in [-0.1, -0.05) is 24.3 Å². The quantitative estimate of drug-likeness (QED) is 0.886. The fourth-order valence-corrected chi connectivity index (χ4v) is 2.70. The SMILES string of the molecule is Oc1cc(F)cc(CNC2Cc3ccccc3C2)c1. The van der Waals surface area contributed by atoms with Gasteiger partial charge in [-0.15, -0.1) is 0 Å². The highest BCUT2D eigenvalue weighted by atomic mass is 19.1. The topological polar surface area (TPSA) is 32.3 Å². The van der Waals surface area contributed by atoms with E-state index < -0.39 is 5.82 Å². The van der Waals surface area contributed by atoms with Crippen molar-refractivity contribution < 1.29 is 9.50 Å². The Morgan fingerprint density at radius 2 is 1.79 bits per heavy atom. The molecule has 0 saturated carbocycles. The van der Waals surface area contributed by atoms with Gasteiger partial charge in [-0.05, 0) is 41.7 Å². The average Bonchev–Trinajstić information content (AvgIpc) is 2.78. The number of benzene rings is 2. The van der Waals surface area contributed by atoms with Gasteiger partial charge in [0.25, 0.3) is 0 Å². The van der Waals surface area contributed by atoms with Crippen molar-refractivity contribution in [2.24, 2.45) is 0 Å². The minimum absolute atomic E-state index is 0.0218. The van der Waals surface area contributed by atoms with E-state index in [2.05, 4.69) is 29.6 Å². The fraction of sp³-hybridized carbons (Fsp3) is 0.250. The van der Waals surface area contributed by atoms with Gasteiger partial charge >= 0.3 is 0 Å². The van der Waals surface area contributed by atoms with E-state index in [0.717, 1.165) is 24.5 Å². The van der Waals surface area contributed by atoms with Crippen molar-refractivity contribution in [3.63, 3.8) is 0 Å². The molecule has 2 N–H and O–H groups in total. The molecule has 0 fully saturated rings. The van der Waals surface area contributed by atoms with E-state index in [4.69, 9.17) is 0 Å². The van der Waals surface area contributed by atoms with Crippen molar-refractivity contribution >= 4 is 0 Å². The maximum Gasteiger partial charge on any atom is 0.127 e. The predicted molar refractivity (Wildman–Crippen MR) is 72.5 cm³/mol. The van der Waals surface area contributed by atoms with Crippen LogP contribution < -0.4 is 5.32 Å². The van der Waals surface area contributed by atoms with Crippen LogP contribution in [0.5, 0.6) is 5.75 Å². The summed E-state index contributed by atoms with van der Waals surface area (Å²) in [5.41, 5.74) is 3.55. The first-order valence-electron chi connectivity index (χ1n) is 6.49. The number of rotatable bonds is 3. The summed E-state index contributed by atoms with van der Waals surface area (Å²) in [6.07, 6.45) is 2.02. The lowest BCUT2D eigenvalue weighted by atomic mass is 10.1. The van der Waals surface area contributed by atoms with Crippen LogP contribution in [0.2, 0.25) is 0 Å². The molecule has 0 aliphatic heterocycles. The predicted octanol–water partition coefficient (Wildman–Crippen LogP) is 2.79. The summed E-state index contributed by atoms with van der Waals surface area (Å²) in [5, 5.41) is 12.8. The van der Waals surface area contributed by atoms with Crippen LogP contribution in [0.25, 0.3) is 0 Å². The Morgan fingerprint density at radius 1 is 1.11 bits per heavy atom. The molecule has 1 aliphatic carbocycles. The van der Waals surface area contributed by atoms with Gasteiger partial charge in [0.1, 0.15) is 11.6 Å². The monoisotopic (exact) mass is 257 g/mol. The number of halogens is 1. The lowest BCUT2D eigenvalue weighted by molar-refractivity contribution is 0.465. The lowest BCUT2D eigenvalue weighted by Crippen LogP contribution is -2.28. The van der Waals surface area contributed by atoms with E-state index in [1.807, 2.05) is 0 Å². The van der Waals surface area contributed by atoms with Crippen LogP contribution in [-0.4, -0.2) is 11.1 Å². The normalized spacial score (nSPS) is 14.6. The molecule has 1 aliphatic rings. The molecule has 0 atom stereocenters. The fourth-order valence-electron chi connectivity index (χ4n) is 2.70. The number of hydrogen-bond acceptors (Lipinski definition) is 2. The van der Waals surface area contributed by atoms with Crippen LogP contribution >= 0.6 is 0 Å². The Bertz CT molecular complexity index is 552. The number of hydrogen-bond donors (Lipinski definition) is 2. The van der Waals surface area contributed by atoms with Crippen molar-refractivity contribution in [3.05, 3.63) is 65.0 Å². The summed E-state index contributed by atoms with van der Waals surface area (Å²) >= 11 is 0. The Hall–Kier alpha value is -1.87. The van der Waals surface area contributed by atoms with Crippen molar-refractivity contribution in [2.75, 3.05) is 0 Å². The second kappa shape index (κ2) is 5.02. The molecule has 0 radical (unpaired) electrons. The highest BCUT2D eigenvalue weighted by Crippen LogP contribution is 2.22. The van der Waals surface area contributed by atoms with E-state index in [-0.39, 0.29) is 5.75 Å². The molecule has 2 nitrogen and oxygen atoms in total. The van der Waals surface area contributed by atoms with E-state index >= 15 is 0 Å². The standard InChI is InChI=1S/C16H16FNO/c17-14-5-11(6-16(19)9-14)10-18-15-7-12-3-1-2-4-13(12)8-15/h1-6,9,15,18-19H,7-8,10H2. The Balaban J connectivity index is 1.62. The van der Waals surface area contributed by atoms with Gasteiger partial charge in [0.15, 0.2) is 0 Å². The average molecular weight is 257 g/mol. The molecule has 0 spiro atoms. The zero-order chi connectivity index (χ0) is 13.2. The summed E-state index contributed by atoms with van der Waals surface area (Å²) in [6.45, 7) is 0.573. The molecule has 98 valence electrons. The van der Waals surface area contributed by atoms with Gasteiger partial charge < -0.3 is 10.4 Å². The number of aromatic hydroxyl groups is 1. The first-order chi connectivity index (χ1) is 9.20. The summed E-state index contributed by atoms with van der Waals surface area (Å²) in [5.74, 6) is -0.419. The maximum atomic E-state index is 13.2. The molecule has 0 aromatic heterocycles. The molecule has 3 heteroatoms. The number of phenolic OH excluding ortho intramolecular Hbond substituents is 1. The van der Waals surface area contributed by atoms with Crippen LogP contribution in [0.15, 0.2) is 42.5 Å². The molecule has 0 amide bonds. The maximum absolute atomic E-state index is 13.2. The van der Waals surface area contributed by atoms with Gasteiger partial charge in [-0.2, -0.15) is 0 Å². The van der Waals surface area contributed by atoms with Crippen molar-refractivity contribution in [1.82, 2.24) is 5.32 Å². The first kappa shape index (κ1) is 12.2. The van der Waals surface area contributed by atoms with Gasteiger partial charge in [0, 0.05) is 18.7 Å². The number of nitrogens with one attached hydrogen (secondary N) is 1. The largest absolute Gasteiger partial charge is 0.508 e. The third-order valence-corrected chi connectivity index (χ3v) is 3.59. The summed E-state index contributed by atoms with van der Waals surface area (Å²) < 4.78 is 13.2. The molecule has 2 aromatic carbocycles. The Labute approximate surface area is 111 Å². The molecular weight excluding hydrogens is 241 g/mol. The van der Waals surface area contributed by atoms with Gasteiger partial charge in [-0.3, -0.25) is 0 Å². The second-order valence-corrected chi connectivity index (χ2v) is 5.07. The second-order valence-electron chi connectivity index (χ2n) is 5.07. The van der Waals surface area contributed by atoms with Crippen molar-refractivity contribution in [1.29, 1.82) is 0 Å². The third kappa shape index (κ3) is 2.76. The van der Waals surface area contributed by atoms with Crippen LogP contribution in [0.3, 0.4) is 0 Å². The summed E-state index contributed by atoms with van der Waals surface area (Å²) in [6, 6.07) is 13.0. The molecule has 19 heavy (non-hydrogen) atoms. The van der Waals surface area contributed by atoms with E-state index in [0.29, 0.717) is 12.6 Å². The summed E-state index contributed by atoms with van der Waals surface area (Å²) in [4.78, 5) is 0. The zero-order valence-corrected chi connectivity index (χ0v) is 10.6. The highest BCUT2D eigenvalue weighted by Gasteiger charge is 2.20. The summed E-state index contributed by atoms with van der Waals surface area (Å²) in [7, 11) is 0. The molecule has 3 rings (SSSR count). The van der Waals surface area contributed by atoms with Crippen LogP contribution in [0.4, 0.5) is 4.39 Å². The van der Waals surface area contributed by atoms with Crippen molar-refractivity contribution in [2.45, 2.75) is 25.4 Å². The van der Waals surface area contributed by atoms with E-state index in [1.54, 1.807) is 6.07 Å². The zero-order valence-electron chi connectivity index (χ0n) is 10.6. The molecule has 0 bridgehead atoms. The minimum Gasteiger partial charge on any atom is -0.508 e. The Morgan fingerprint density at radius 3 is 2.42 bits per heavy atom. The highest BCUT2D eigenvalue weighted by molar-refractivity contribution is 5.33. The van der Waals surface area contributed by atoms with Crippen LogP contribution in [-0.2, 0) is 19.4 Å². The molecule has 0 heterocycles. The van der Waals surface area contributed by atoms with E-state index in [9.17, 15) is 9.50 Å². The molecule has 0 saturated heterocycles. The van der Waals surface area contributed by atoms with Crippen LogP contribution in [0, 0.1) is 5.82 Å². The number of phenols is 1. The minimum atomic E-state index is -0.397. The third-order valence-electron chi connectivity index (χ3n) is 3.59. The smallest absolute Gasteiger partial charge is 0.127 e. The van der Waals surface area contributed by atoms with Gasteiger partial charge in [0.2, 0.25) is 0 Å². The van der Waals surface area contributed by atoms with E-state index in [1.165, 1.54) is 17.2 Å². The Kier molecular flexibility index (Phi) is 3.22. The van der Waals surface area contributed by atoms with Crippen molar-refractivity contribution in [3.8, 4) is 5.75 Å². The molecule has 0 unspecified atom stereocenters. The first-order valence-corrected chi connectivity index (χ1v) is 6.49.